The number of benzene rings is 1. The van der Waals surface area contributed by atoms with Crippen LogP contribution < -0.4 is 15.4 Å². The molecule has 0 saturated carbocycles. The van der Waals surface area contributed by atoms with Crippen LogP contribution in [-0.2, 0) is 4.79 Å². The Labute approximate surface area is 121 Å². The molecule has 0 fully saturated rings. The van der Waals surface area contributed by atoms with Crippen LogP contribution in [-0.4, -0.2) is 19.1 Å². The van der Waals surface area contributed by atoms with Crippen molar-refractivity contribution >= 4 is 22.9 Å². The van der Waals surface area contributed by atoms with Crippen molar-refractivity contribution < 1.29 is 9.53 Å². The fraction of sp³-hybridized carbons (Fsp3) is 0.267. The van der Waals surface area contributed by atoms with Gasteiger partial charge in [-0.05, 0) is 54.1 Å². The molecule has 1 aromatic heterocycles. The van der Waals surface area contributed by atoms with Crippen LogP contribution in [0.4, 0.5) is 5.69 Å². The van der Waals surface area contributed by atoms with Crippen molar-refractivity contribution in [1.82, 2.24) is 5.32 Å². The molecule has 0 aliphatic carbocycles. The second kappa shape index (κ2) is 5.26. The fourth-order valence-corrected chi connectivity index (χ4v) is 3.06. The molecule has 2 unspecified atom stereocenters. The molecular formula is C15H16N2O2S. The first kappa shape index (κ1) is 13.1. The van der Waals surface area contributed by atoms with Crippen molar-refractivity contribution in [1.29, 1.82) is 0 Å². The van der Waals surface area contributed by atoms with Crippen molar-refractivity contribution in [2.45, 2.75) is 19.1 Å². The minimum Gasteiger partial charge on any atom is -0.479 e. The van der Waals surface area contributed by atoms with Crippen molar-refractivity contribution in [2.24, 2.45) is 0 Å². The molecule has 1 aliphatic heterocycles. The summed E-state index contributed by atoms with van der Waals surface area (Å²) in [6, 6.07) is 8.13. The molecule has 2 aromatic rings. The maximum absolute atomic E-state index is 11.7. The Hall–Kier alpha value is -1.85. The Morgan fingerprint density at radius 2 is 2.20 bits per heavy atom. The van der Waals surface area contributed by atoms with E-state index < -0.39 is 6.10 Å². The summed E-state index contributed by atoms with van der Waals surface area (Å²) in [7, 11) is 1.93. The van der Waals surface area contributed by atoms with Crippen LogP contribution in [0.15, 0.2) is 35.0 Å². The molecule has 104 valence electrons. The summed E-state index contributed by atoms with van der Waals surface area (Å²) < 4.78 is 5.57. The van der Waals surface area contributed by atoms with E-state index in [1.165, 1.54) is 5.56 Å². The highest BCUT2D eigenvalue weighted by Crippen LogP contribution is 2.34. The van der Waals surface area contributed by atoms with Crippen molar-refractivity contribution in [2.75, 3.05) is 12.4 Å². The van der Waals surface area contributed by atoms with E-state index in [0.717, 1.165) is 17.0 Å². The summed E-state index contributed by atoms with van der Waals surface area (Å²) in [6.07, 6.45) is -0.440. The van der Waals surface area contributed by atoms with Crippen molar-refractivity contribution in [3.05, 3.63) is 46.2 Å². The largest absolute Gasteiger partial charge is 0.479 e. The van der Waals surface area contributed by atoms with Gasteiger partial charge in [0, 0.05) is 0 Å². The van der Waals surface area contributed by atoms with Gasteiger partial charge in [0.25, 0.3) is 5.91 Å². The third kappa shape index (κ3) is 2.30. The Balaban J connectivity index is 1.96. The molecule has 4 nitrogen and oxygen atoms in total. The van der Waals surface area contributed by atoms with Crippen molar-refractivity contribution in [3.63, 3.8) is 0 Å². The van der Waals surface area contributed by atoms with Gasteiger partial charge in [-0.25, -0.2) is 0 Å². The summed E-state index contributed by atoms with van der Waals surface area (Å²) in [5.74, 6) is 0.618. The monoisotopic (exact) mass is 288 g/mol. The Kier molecular flexibility index (Phi) is 3.46. The van der Waals surface area contributed by atoms with E-state index in [1.54, 1.807) is 18.3 Å². The van der Waals surface area contributed by atoms with Gasteiger partial charge in [0.1, 0.15) is 5.75 Å². The van der Waals surface area contributed by atoms with E-state index >= 15 is 0 Å². The molecule has 0 spiro atoms. The van der Waals surface area contributed by atoms with Gasteiger partial charge in [-0.3, -0.25) is 4.79 Å². The van der Waals surface area contributed by atoms with Gasteiger partial charge in [-0.2, -0.15) is 11.3 Å². The molecule has 0 bridgehead atoms. The minimum absolute atomic E-state index is 0.105. The smallest absolute Gasteiger partial charge is 0.265 e. The number of nitrogens with one attached hydrogen (secondary N) is 2. The first-order chi connectivity index (χ1) is 9.69. The van der Waals surface area contributed by atoms with Gasteiger partial charge in [0.15, 0.2) is 6.10 Å². The molecule has 2 atom stereocenters. The lowest BCUT2D eigenvalue weighted by atomic mass is 10.00. The third-order valence-corrected chi connectivity index (χ3v) is 4.13. The lowest BCUT2D eigenvalue weighted by Gasteiger charge is -2.25. The van der Waals surface area contributed by atoms with E-state index in [1.807, 2.05) is 25.2 Å². The lowest BCUT2D eigenvalue weighted by molar-refractivity contribution is -0.122. The average molecular weight is 288 g/mol. The highest BCUT2D eigenvalue weighted by Gasteiger charge is 2.24. The van der Waals surface area contributed by atoms with Gasteiger partial charge in [-0.1, -0.05) is 6.07 Å². The number of hydrogen-bond acceptors (Lipinski definition) is 4. The second-order valence-electron chi connectivity index (χ2n) is 4.78. The van der Waals surface area contributed by atoms with E-state index in [-0.39, 0.29) is 11.9 Å². The third-order valence-electron chi connectivity index (χ3n) is 3.43. The standard InChI is InChI=1S/C15H16N2O2S/c1-9-15(18)17-12-7-10(3-4-13(12)19-9)14(16-2)11-5-6-20-8-11/h3-9,14,16H,1-2H3,(H,17,18). The van der Waals surface area contributed by atoms with E-state index in [9.17, 15) is 4.79 Å². The molecule has 0 saturated heterocycles. The van der Waals surface area contributed by atoms with Gasteiger partial charge in [0.05, 0.1) is 11.7 Å². The zero-order valence-corrected chi connectivity index (χ0v) is 12.2. The van der Waals surface area contributed by atoms with Crippen LogP contribution >= 0.6 is 11.3 Å². The molecule has 20 heavy (non-hydrogen) atoms. The Morgan fingerprint density at radius 1 is 1.35 bits per heavy atom. The van der Waals surface area contributed by atoms with E-state index in [4.69, 9.17) is 4.74 Å². The van der Waals surface area contributed by atoms with Crippen LogP contribution in [0, 0.1) is 0 Å². The zero-order valence-electron chi connectivity index (χ0n) is 11.3. The average Bonchev–Trinajstić information content (AvgIpc) is 2.95. The maximum Gasteiger partial charge on any atom is 0.265 e. The zero-order chi connectivity index (χ0) is 14.1. The first-order valence-corrected chi connectivity index (χ1v) is 7.44. The van der Waals surface area contributed by atoms with Crippen LogP contribution in [0.1, 0.15) is 24.1 Å². The topological polar surface area (TPSA) is 50.4 Å². The summed E-state index contributed by atoms with van der Waals surface area (Å²) in [4.78, 5) is 11.7. The summed E-state index contributed by atoms with van der Waals surface area (Å²) >= 11 is 1.67. The predicted octanol–water partition coefficient (Wildman–Crippen LogP) is 2.78. The van der Waals surface area contributed by atoms with Gasteiger partial charge in [-0.15, -0.1) is 0 Å². The van der Waals surface area contributed by atoms with Crippen LogP contribution in [0.25, 0.3) is 0 Å². The van der Waals surface area contributed by atoms with Gasteiger partial charge >= 0.3 is 0 Å². The van der Waals surface area contributed by atoms with Crippen LogP contribution in [0.3, 0.4) is 0 Å². The van der Waals surface area contributed by atoms with Crippen molar-refractivity contribution in [3.8, 4) is 5.75 Å². The number of hydrogen-bond donors (Lipinski definition) is 2. The van der Waals surface area contributed by atoms with E-state index in [0.29, 0.717) is 0 Å². The summed E-state index contributed by atoms with van der Waals surface area (Å²) in [5, 5.41) is 10.4. The summed E-state index contributed by atoms with van der Waals surface area (Å²) in [6.45, 7) is 1.74. The minimum atomic E-state index is -0.440. The fourth-order valence-electron chi connectivity index (χ4n) is 2.37. The number of ether oxygens (including phenoxy) is 1. The van der Waals surface area contributed by atoms with Gasteiger partial charge < -0.3 is 15.4 Å². The number of anilines is 1. The molecule has 1 amide bonds. The molecule has 1 aromatic carbocycles. The molecule has 5 heteroatoms. The quantitative estimate of drug-likeness (QED) is 0.913. The number of thiophene rings is 1. The number of fused-ring (bicyclic) bond motifs is 1. The first-order valence-electron chi connectivity index (χ1n) is 6.50. The molecule has 2 N–H and O–H groups in total. The Bertz CT molecular complexity index is 625. The van der Waals surface area contributed by atoms with Crippen LogP contribution in [0.2, 0.25) is 0 Å². The molecule has 0 radical (unpaired) electrons. The van der Waals surface area contributed by atoms with E-state index in [2.05, 4.69) is 27.5 Å². The maximum atomic E-state index is 11.7. The summed E-state index contributed by atoms with van der Waals surface area (Å²) in [5.41, 5.74) is 3.05. The Morgan fingerprint density at radius 3 is 2.90 bits per heavy atom. The molecule has 2 heterocycles. The lowest BCUT2D eigenvalue weighted by Crippen LogP contribution is -2.34. The number of rotatable bonds is 3. The molecular weight excluding hydrogens is 272 g/mol. The number of carbonyl (C=O) groups is 1. The van der Waals surface area contributed by atoms with Gasteiger partial charge in [0.2, 0.25) is 0 Å². The SMILES string of the molecule is CNC(c1ccsc1)c1ccc2c(c1)NC(=O)C(C)O2. The normalized spacial score (nSPS) is 18.9. The number of carbonyl (C=O) groups excluding carboxylic acids is 1. The molecule has 1 aliphatic rings. The number of amides is 1. The highest BCUT2D eigenvalue weighted by molar-refractivity contribution is 7.08. The second-order valence-corrected chi connectivity index (χ2v) is 5.56. The predicted molar refractivity (Wildman–Crippen MR) is 80.4 cm³/mol. The molecule has 3 rings (SSSR count). The van der Waals surface area contributed by atoms with Crippen LogP contribution in [0.5, 0.6) is 5.75 Å². The highest BCUT2D eigenvalue weighted by atomic mass is 32.1.